The number of benzene rings is 1. The van der Waals surface area contributed by atoms with Gasteiger partial charge in [-0.15, -0.1) is 24.8 Å². The van der Waals surface area contributed by atoms with E-state index in [1.54, 1.807) is 61.5 Å². The van der Waals surface area contributed by atoms with Crippen LogP contribution in [0.4, 0.5) is 5.82 Å². The number of pyridine rings is 2. The van der Waals surface area contributed by atoms with Crippen LogP contribution in [0.25, 0.3) is 11.0 Å². The maximum absolute atomic E-state index is 11.9. The van der Waals surface area contributed by atoms with Crippen molar-refractivity contribution in [3.63, 3.8) is 0 Å². The number of methoxy groups -OCH3 is 1. The van der Waals surface area contributed by atoms with Gasteiger partial charge in [0.25, 0.3) is 18.5 Å². The van der Waals surface area contributed by atoms with E-state index in [-0.39, 0.29) is 237 Å². The summed E-state index contributed by atoms with van der Waals surface area (Å²) in [7, 11) is 1.27. The third kappa shape index (κ3) is 66.8. The molecule has 0 aliphatic heterocycles. The van der Waals surface area contributed by atoms with E-state index in [0.29, 0.717) is 75.7 Å². The Morgan fingerprint density at radius 1 is 0.653 bits per heavy atom. The van der Waals surface area contributed by atoms with E-state index < -0.39 is 41.1 Å². The number of nitrogen functional groups attached to an aromatic ring is 1. The van der Waals surface area contributed by atoms with Gasteiger partial charge < -0.3 is 100 Å². The minimum atomic E-state index is -0.577. The number of Topliss-reactive ketones (excluding diaryl/α,β-unsaturated/α-hetero) is 1. The quantitative estimate of drug-likeness (QED) is 0.00298. The minimum Gasteiger partial charge on any atom is -1.00 e. The van der Waals surface area contributed by atoms with Crippen LogP contribution < -0.4 is 179 Å². The molecule has 16 N–H and O–H groups in total. The summed E-state index contributed by atoms with van der Waals surface area (Å²) >= 11 is 0. The predicted octanol–water partition coefficient (Wildman–Crippen LogP) is -10.3. The van der Waals surface area contributed by atoms with Crippen LogP contribution in [0, 0.1) is 5.41 Å². The van der Waals surface area contributed by atoms with Gasteiger partial charge in [-0.05, 0) is 78.0 Å². The Labute approximate surface area is 654 Å². The second-order valence-electron chi connectivity index (χ2n) is 15.2. The number of halogens is 2. The molecule has 3 heterocycles. The summed E-state index contributed by atoms with van der Waals surface area (Å²) in [4.78, 5) is 132. The van der Waals surface area contributed by atoms with Gasteiger partial charge in [0.2, 0.25) is 11.4 Å². The number of ketones is 1. The molecule has 4 aromatic rings. The fourth-order valence-corrected chi connectivity index (χ4v) is 5.42. The zero-order valence-corrected chi connectivity index (χ0v) is 66.3. The second kappa shape index (κ2) is 79.1. The standard InChI is InChI=1S/C16H15N3O3.C10H14N2O3.2C7H13NO3.C6H10O3.C5H10N2O2.C2H6O.2CH2O3.2ClH.H3N.4Na.2H/c1-2-11-8-12(22-9-10-6-4-3-5-7-10)17-14-13(11)15(20)19-16(21)18-14;1-3-6-5-7(13)12-9(11)8(6)10(14)15-4-2;2*1-3-10-6(8)5-7(9)11-4-2;1-3-5(7)4-6(8)9-2;1-2-9-5(8)3-4(6)7;1-2-3;2*2-1-4-3;;;;;;;;;/h3-8H,2,9H2,1H3,(H2,17,18,19,20,21);5H,3-4H2,1-2H3,(H3,11,12,13);8H,3-5H2,1-2H3;5H,3-4,8H2,1-2H3;3-4H2,1-2H3;3H,2,6-7H2,1H3;3H,2H2,1H3;2*1,3H;2*1H;1H3;;;;;;/q;;;;;;;;;;;;4*+1;2*-1/p-2/b;;;6-5+;;;;;;;;;;;;;;. The van der Waals surface area contributed by atoms with E-state index in [1.807, 2.05) is 44.2 Å². The number of carbonyl (C=O) groups excluding carboxylic acids is 8. The summed E-state index contributed by atoms with van der Waals surface area (Å²) < 4.78 is 38.0. The molecule has 0 radical (unpaired) electrons. The number of esters is 5. The first-order chi connectivity index (χ1) is 41.8. The van der Waals surface area contributed by atoms with E-state index in [4.69, 9.17) is 72.5 Å². The molecule has 0 aliphatic carbocycles. The van der Waals surface area contributed by atoms with Crippen molar-refractivity contribution in [3.8, 4) is 5.88 Å². The molecule has 34 nitrogen and oxygen atoms in total. The number of H-pyrrole nitrogens is 3. The largest absolute Gasteiger partial charge is 1.00 e. The molecular weight excluding hydrogens is 1350 g/mol. The molecule has 0 bridgehead atoms. The third-order valence-corrected chi connectivity index (χ3v) is 8.79. The zero-order valence-electron chi connectivity index (χ0n) is 58.7. The molecule has 522 valence electrons. The van der Waals surface area contributed by atoms with Crippen molar-refractivity contribution in [2.24, 2.45) is 17.2 Å². The van der Waals surface area contributed by atoms with Gasteiger partial charge in [-0.25, -0.2) is 19.2 Å². The first-order valence-corrected chi connectivity index (χ1v) is 26.5. The van der Waals surface area contributed by atoms with Crippen LogP contribution in [0.15, 0.2) is 80.7 Å². The van der Waals surface area contributed by atoms with Crippen LogP contribution in [0.5, 0.6) is 5.88 Å². The van der Waals surface area contributed by atoms with Crippen molar-refractivity contribution >= 4 is 96.1 Å². The summed E-state index contributed by atoms with van der Waals surface area (Å²) in [6.45, 7) is 20.0. The number of aromatic amines is 3. The molecule has 0 spiro atoms. The molecule has 0 aliphatic rings. The normalized spacial score (nSPS) is 8.59. The fourth-order valence-electron chi connectivity index (χ4n) is 5.42. The Bertz CT molecular complexity index is 2900. The summed E-state index contributed by atoms with van der Waals surface area (Å²) in [6, 6.07) is 12.8. The van der Waals surface area contributed by atoms with Crippen LogP contribution >= 0.6 is 24.8 Å². The molecule has 95 heavy (non-hydrogen) atoms. The Balaban J connectivity index is -0.0000000694. The molecule has 1 aromatic carbocycles. The Morgan fingerprint density at radius 2 is 1.12 bits per heavy atom. The van der Waals surface area contributed by atoms with E-state index in [0.717, 1.165) is 23.3 Å². The molecule has 4 rings (SSSR count). The van der Waals surface area contributed by atoms with Crippen LogP contribution in [0.2, 0.25) is 0 Å². The summed E-state index contributed by atoms with van der Waals surface area (Å²) in [6.07, 6.45) is 3.58. The van der Waals surface area contributed by atoms with E-state index in [1.165, 1.54) is 13.2 Å². The number of hydrogen-bond donors (Lipinski definition) is 10. The maximum Gasteiger partial charge on any atom is 1.00 e. The van der Waals surface area contributed by atoms with Gasteiger partial charge >= 0.3 is 154 Å². The van der Waals surface area contributed by atoms with Crippen molar-refractivity contribution in [1.29, 1.82) is 5.41 Å². The molecule has 0 atom stereocenters. The Hall–Kier alpha value is -5.61. The number of rotatable bonds is 22. The van der Waals surface area contributed by atoms with Crippen molar-refractivity contribution in [2.45, 2.75) is 108 Å². The van der Waals surface area contributed by atoms with Gasteiger partial charge in [-0.1, -0.05) is 51.1 Å². The molecule has 0 amide bonds. The number of nitrogens with one attached hydrogen (secondary N) is 4. The average molecular weight is 1440 g/mol. The number of anilines is 1. The molecular formula is C55H90Cl2N10Na4O24. The fraction of sp³-hybridized carbons (Fsp3) is 0.436. The number of aliphatic hydroxyl groups excluding tert-OH is 1. The summed E-state index contributed by atoms with van der Waals surface area (Å²) in [5.41, 5.74) is 22.3. The number of aliphatic hydroxyl groups is 1. The molecule has 0 unspecified atom stereocenters. The Kier molecular flexibility index (Phi) is 97.1. The van der Waals surface area contributed by atoms with E-state index >= 15 is 0 Å². The maximum atomic E-state index is 11.9. The third-order valence-electron chi connectivity index (χ3n) is 8.79. The number of carbonyl (C=O) groups is 8. The van der Waals surface area contributed by atoms with Crippen molar-refractivity contribution in [1.82, 2.24) is 26.1 Å². The molecule has 40 heteroatoms. The summed E-state index contributed by atoms with van der Waals surface area (Å²) in [5.74, 6) is -1.95. The van der Waals surface area contributed by atoms with Crippen LogP contribution in [0.1, 0.15) is 118 Å². The van der Waals surface area contributed by atoms with Gasteiger partial charge in [0.05, 0.1) is 64.3 Å². The van der Waals surface area contributed by atoms with Gasteiger partial charge in [-0.2, -0.15) is 4.98 Å². The number of nitrogens with two attached hydrogens (primary N) is 4. The Morgan fingerprint density at radius 3 is 1.53 bits per heavy atom. The van der Waals surface area contributed by atoms with Crippen LogP contribution in [-0.4, -0.2) is 133 Å². The number of hydrogen-bond acceptors (Lipinski definition) is 31. The average Bonchev–Trinajstić information content (AvgIpc) is 1.26. The number of ether oxygens (including phenoxy) is 8. The van der Waals surface area contributed by atoms with Gasteiger partial charge in [0.15, 0.2) is 17.4 Å². The number of nitrogens with zero attached hydrogens (tertiary/aromatic N) is 1. The minimum absolute atomic E-state index is 0. The number of aromatic nitrogens is 4. The molecule has 0 saturated carbocycles. The number of aryl methyl sites for hydroxylation is 2. The molecule has 0 fully saturated rings. The zero-order chi connectivity index (χ0) is 68.4. The van der Waals surface area contributed by atoms with Gasteiger partial charge in [0, 0.05) is 25.2 Å². The van der Waals surface area contributed by atoms with Crippen LogP contribution in [0.3, 0.4) is 0 Å². The predicted molar refractivity (Wildman–Crippen MR) is 335 cm³/mol. The second-order valence-corrected chi connectivity index (χ2v) is 15.2. The van der Waals surface area contributed by atoms with Crippen LogP contribution in [-0.2, 0) is 95.9 Å². The molecule has 3 aromatic heterocycles. The first kappa shape index (κ1) is 117. The van der Waals surface area contributed by atoms with Crippen molar-refractivity contribution < 1.29 is 223 Å². The molecule has 0 saturated heterocycles. The van der Waals surface area contributed by atoms with E-state index in [9.17, 15) is 43.2 Å². The number of fused-ring (bicyclic) bond motifs is 1. The van der Waals surface area contributed by atoms with Gasteiger partial charge in [-0.3, -0.25) is 48.9 Å². The van der Waals surface area contributed by atoms with Gasteiger partial charge in [0.1, 0.15) is 42.4 Å². The summed E-state index contributed by atoms with van der Waals surface area (Å²) in [5, 5.41) is 31.9. The monoisotopic (exact) mass is 1440 g/mol. The van der Waals surface area contributed by atoms with Crippen molar-refractivity contribution in [2.75, 3.05) is 59.1 Å². The topological polar surface area (TPSA) is 570 Å². The first-order valence-electron chi connectivity index (χ1n) is 26.5. The SMILES string of the molecule is CCC(=O)CC(=O)OC.CCO.CCOC(=N)CC(=O)OCC.CCOC(=O)/C=C(\N)OCC.CCOC(=O)C=C(N)N.CCOC(=O)c1c(CC)cc(=O)[nH]c1N.CCc1cc(OCc2ccccc2)nc2[nH]c(=O)[nH]c(=O)c12.Cl.Cl.N.O=CO[O-].O=CO[O-].[H-].[H-].[Na+].[Na+].[Na+].[Na+]. The van der Waals surface area contributed by atoms with E-state index in [2.05, 4.69) is 48.7 Å². The smallest absolute Gasteiger partial charge is 1.00 e. The van der Waals surface area contributed by atoms with Crippen molar-refractivity contribution in [3.05, 3.63) is 120 Å².